The summed E-state index contributed by atoms with van der Waals surface area (Å²) in [5.41, 5.74) is 6.20. The van der Waals surface area contributed by atoms with Crippen molar-refractivity contribution in [3.05, 3.63) is 69.2 Å². The molecule has 1 N–H and O–H groups in total. The Morgan fingerprint density at radius 2 is 1.75 bits per heavy atom. The minimum Gasteiger partial charge on any atom is -0.372 e. The van der Waals surface area contributed by atoms with Gasteiger partial charge in [0.15, 0.2) is 0 Å². The lowest BCUT2D eigenvalue weighted by atomic mass is 9.95. The normalized spacial score (nSPS) is 15.2. The van der Waals surface area contributed by atoms with E-state index in [1.165, 1.54) is 22.3 Å². The first-order valence-electron chi connectivity index (χ1n) is 6.82. The number of ether oxygens (including phenoxy) is 1. The molecule has 2 aromatic rings. The van der Waals surface area contributed by atoms with Crippen molar-refractivity contribution in [1.29, 1.82) is 0 Å². The van der Waals surface area contributed by atoms with Crippen LogP contribution in [0.15, 0.2) is 36.4 Å². The fraction of sp³-hybridized carbons (Fsp3) is 0.294. The molecule has 1 atom stereocenters. The molecule has 3 heteroatoms. The Hall–Kier alpha value is -1.35. The molecule has 0 aliphatic carbocycles. The van der Waals surface area contributed by atoms with Gasteiger partial charge in [-0.15, -0.1) is 0 Å². The summed E-state index contributed by atoms with van der Waals surface area (Å²) in [7, 11) is 1.98. The third kappa shape index (κ3) is 2.47. The van der Waals surface area contributed by atoms with Crippen molar-refractivity contribution in [2.24, 2.45) is 0 Å². The molecule has 20 heavy (non-hydrogen) atoms. The molecule has 1 unspecified atom stereocenters. The molecule has 3 rings (SSSR count). The molecule has 0 saturated heterocycles. The third-order valence-corrected chi connectivity index (χ3v) is 4.31. The molecule has 104 valence electrons. The van der Waals surface area contributed by atoms with E-state index in [2.05, 4.69) is 35.6 Å². The highest BCUT2D eigenvalue weighted by molar-refractivity contribution is 6.31. The third-order valence-electron chi connectivity index (χ3n) is 3.88. The predicted molar refractivity (Wildman–Crippen MR) is 82.0 cm³/mol. The van der Waals surface area contributed by atoms with Gasteiger partial charge in [0.1, 0.15) is 0 Å². The van der Waals surface area contributed by atoms with Crippen LogP contribution in [0.25, 0.3) is 0 Å². The van der Waals surface area contributed by atoms with Crippen LogP contribution in [0.2, 0.25) is 5.02 Å². The number of hydrogen-bond acceptors (Lipinski definition) is 2. The zero-order valence-corrected chi connectivity index (χ0v) is 12.5. The summed E-state index contributed by atoms with van der Waals surface area (Å²) in [6.07, 6.45) is 0. The quantitative estimate of drug-likeness (QED) is 0.922. The Labute approximate surface area is 124 Å². The van der Waals surface area contributed by atoms with Crippen LogP contribution in [-0.2, 0) is 18.0 Å². The molecule has 0 amide bonds. The van der Waals surface area contributed by atoms with E-state index in [0.717, 1.165) is 23.8 Å². The minimum absolute atomic E-state index is 0.178. The van der Waals surface area contributed by atoms with Crippen LogP contribution in [0.4, 0.5) is 0 Å². The summed E-state index contributed by atoms with van der Waals surface area (Å²) < 4.78 is 5.49. The maximum absolute atomic E-state index is 6.11. The van der Waals surface area contributed by atoms with Crippen LogP contribution in [0.5, 0.6) is 0 Å². The van der Waals surface area contributed by atoms with Gasteiger partial charge in [0.2, 0.25) is 0 Å². The lowest BCUT2D eigenvalue weighted by Gasteiger charge is -2.19. The highest BCUT2D eigenvalue weighted by Gasteiger charge is 2.17. The molecule has 0 spiro atoms. The van der Waals surface area contributed by atoms with Gasteiger partial charge in [-0.05, 0) is 47.9 Å². The molecule has 1 aliphatic heterocycles. The Morgan fingerprint density at radius 3 is 2.50 bits per heavy atom. The van der Waals surface area contributed by atoms with Crippen molar-refractivity contribution in [2.45, 2.75) is 26.2 Å². The number of fused-ring (bicyclic) bond motifs is 1. The van der Waals surface area contributed by atoms with Gasteiger partial charge in [-0.25, -0.2) is 0 Å². The van der Waals surface area contributed by atoms with Crippen molar-refractivity contribution in [3.63, 3.8) is 0 Å². The molecule has 0 saturated carbocycles. The molecule has 0 fully saturated rings. The van der Waals surface area contributed by atoms with Gasteiger partial charge in [-0.2, -0.15) is 0 Å². The maximum Gasteiger partial charge on any atom is 0.0725 e. The molecule has 2 aromatic carbocycles. The predicted octanol–water partition coefficient (Wildman–Crippen LogP) is 3.99. The van der Waals surface area contributed by atoms with Crippen LogP contribution >= 0.6 is 11.6 Å². The van der Waals surface area contributed by atoms with Crippen molar-refractivity contribution in [3.8, 4) is 0 Å². The Bertz CT molecular complexity index is 639. The maximum atomic E-state index is 6.11. The van der Waals surface area contributed by atoms with Crippen LogP contribution < -0.4 is 5.32 Å². The first-order valence-corrected chi connectivity index (χ1v) is 7.19. The van der Waals surface area contributed by atoms with Crippen molar-refractivity contribution < 1.29 is 4.74 Å². The summed E-state index contributed by atoms with van der Waals surface area (Å²) >= 11 is 6.11. The van der Waals surface area contributed by atoms with Crippen LogP contribution in [0.3, 0.4) is 0 Å². The Balaban J connectivity index is 1.98. The summed E-state index contributed by atoms with van der Waals surface area (Å²) in [5, 5.41) is 4.20. The second-order valence-corrected chi connectivity index (χ2v) is 5.66. The van der Waals surface area contributed by atoms with Crippen LogP contribution in [-0.4, -0.2) is 7.05 Å². The first-order chi connectivity index (χ1) is 9.69. The van der Waals surface area contributed by atoms with Gasteiger partial charge in [-0.1, -0.05) is 41.9 Å². The van der Waals surface area contributed by atoms with E-state index in [1.807, 2.05) is 20.0 Å². The van der Waals surface area contributed by atoms with E-state index >= 15 is 0 Å². The fourth-order valence-electron chi connectivity index (χ4n) is 2.74. The average molecular weight is 288 g/mol. The van der Waals surface area contributed by atoms with E-state index in [0.29, 0.717) is 0 Å². The lowest BCUT2D eigenvalue weighted by molar-refractivity contribution is 0.134. The number of halogens is 1. The van der Waals surface area contributed by atoms with Gasteiger partial charge < -0.3 is 10.1 Å². The highest BCUT2D eigenvalue weighted by Crippen LogP contribution is 2.29. The molecule has 1 aliphatic rings. The summed E-state index contributed by atoms with van der Waals surface area (Å²) in [5.74, 6) is 0. The molecular weight excluding hydrogens is 270 g/mol. The monoisotopic (exact) mass is 287 g/mol. The zero-order valence-electron chi connectivity index (χ0n) is 11.7. The van der Waals surface area contributed by atoms with E-state index in [-0.39, 0.29) is 6.04 Å². The van der Waals surface area contributed by atoms with Gasteiger partial charge in [0.05, 0.1) is 19.3 Å². The first kappa shape index (κ1) is 13.6. The summed E-state index contributed by atoms with van der Waals surface area (Å²) in [4.78, 5) is 0. The van der Waals surface area contributed by atoms with E-state index in [9.17, 15) is 0 Å². The van der Waals surface area contributed by atoms with Crippen LogP contribution in [0, 0.1) is 6.92 Å². The van der Waals surface area contributed by atoms with Gasteiger partial charge in [0, 0.05) is 5.02 Å². The van der Waals surface area contributed by atoms with Gasteiger partial charge in [0.25, 0.3) is 0 Å². The smallest absolute Gasteiger partial charge is 0.0725 e. The van der Waals surface area contributed by atoms with Crippen molar-refractivity contribution >= 4 is 11.6 Å². The van der Waals surface area contributed by atoms with Crippen molar-refractivity contribution in [1.82, 2.24) is 5.32 Å². The molecular formula is C17H18ClNO. The average Bonchev–Trinajstić information content (AvgIpc) is 2.91. The molecule has 1 heterocycles. The standard InChI is InChI=1S/C17H18ClNO/c1-11-7-12(5-6-16(11)18)17(19-2)13-3-4-14-9-20-10-15(14)8-13/h3-8,17,19H,9-10H2,1-2H3. The molecule has 2 nitrogen and oxygen atoms in total. The molecule has 0 radical (unpaired) electrons. The van der Waals surface area contributed by atoms with Gasteiger partial charge >= 0.3 is 0 Å². The van der Waals surface area contributed by atoms with E-state index in [1.54, 1.807) is 0 Å². The molecule has 0 bridgehead atoms. The van der Waals surface area contributed by atoms with E-state index < -0.39 is 0 Å². The summed E-state index contributed by atoms with van der Waals surface area (Å²) in [6.45, 7) is 3.49. The topological polar surface area (TPSA) is 21.3 Å². The zero-order chi connectivity index (χ0) is 14.1. The Kier molecular flexibility index (Phi) is 3.79. The fourth-order valence-corrected chi connectivity index (χ4v) is 2.86. The van der Waals surface area contributed by atoms with Gasteiger partial charge in [-0.3, -0.25) is 0 Å². The summed E-state index contributed by atoms with van der Waals surface area (Å²) in [6, 6.07) is 13.0. The van der Waals surface area contributed by atoms with Crippen molar-refractivity contribution in [2.75, 3.05) is 7.05 Å². The number of rotatable bonds is 3. The minimum atomic E-state index is 0.178. The SMILES string of the molecule is CNC(c1ccc(Cl)c(C)c1)c1ccc2c(c1)COC2. The number of nitrogens with one attached hydrogen (secondary N) is 1. The van der Waals surface area contributed by atoms with Crippen LogP contribution in [0.1, 0.15) is 33.9 Å². The Morgan fingerprint density at radius 1 is 1.05 bits per heavy atom. The van der Waals surface area contributed by atoms with E-state index in [4.69, 9.17) is 16.3 Å². The largest absolute Gasteiger partial charge is 0.372 e. The number of aryl methyl sites for hydroxylation is 1. The lowest BCUT2D eigenvalue weighted by Crippen LogP contribution is -2.18. The highest BCUT2D eigenvalue weighted by atomic mass is 35.5. The number of benzene rings is 2. The number of hydrogen-bond donors (Lipinski definition) is 1. The molecule has 0 aromatic heterocycles. The second-order valence-electron chi connectivity index (χ2n) is 5.25. The second kappa shape index (κ2) is 5.57.